The molecule has 1 unspecified atom stereocenters. The zero-order valence-corrected chi connectivity index (χ0v) is 11.4. The molecule has 0 saturated heterocycles. The lowest BCUT2D eigenvalue weighted by Crippen LogP contribution is -2.41. The van der Waals surface area contributed by atoms with E-state index in [1.165, 1.54) is 38.5 Å². The zero-order chi connectivity index (χ0) is 12.7. The Morgan fingerprint density at radius 3 is 2.35 bits per heavy atom. The van der Waals surface area contributed by atoms with Crippen molar-refractivity contribution in [2.24, 2.45) is 17.6 Å². The Morgan fingerprint density at radius 1 is 1.24 bits per heavy atom. The second kappa shape index (κ2) is 7.70. The zero-order valence-electron chi connectivity index (χ0n) is 11.4. The molecule has 17 heavy (non-hydrogen) atoms. The van der Waals surface area contributed by atoms with Crippen LogP contribution in [-0.2, 0) is 4.79 Å². The molecule has 3 heteroatoms. The quantitative estimate of drug-likeness (QED) is 0.725. The average molecular weight is 240 g/mol. The van der Waals surface area contributed by atoms with Crippen molar-refractivity contribution in [1.82, 2.24) is 5.32 Å². The summed E-state index contributed by atoms with van der Waals surface area (Å²) in [4.78, 5) is 11.9. The molecule has 1 aliphatic carbocycles. The van der Waals surface area contributed by atoms with E-state index in [2.05, 4.69) is 12.2 Å². The van der Waals surface area contributed by atoms with E-state index < -0.39 is 0 Å². The van der Waals surface area contributed by atoms with Crippen LogP contribution < -0.4 is 11.1 Å². The minimum Gasteiger partial charge on any atom is -0.353 e. The van der Waals surface area contributed by atoms with Crippen LogP contribution in [0.25, 0.3) is 0 Å². The maximum Gasteiger partial charge on any atom is 0.223 e. The number of hydrogen-bond acceptors (Lipinski definition) is 2. The average Bonchev–Trinajstić information content (AvgIpc) is 2.57. The minimum atomic E-state index is 0.0493. The summed E-state index contributed by atoms with van der Waals surface area (Å²) in [6.07, 6.45) is 8.69. The smallest absolute Gasteiger partial charge is 0.223 e. The number of hydrogen-bond donors (Lipinski definition) is 2. The van der Waals surface area contributed by atoms with Crippen molar-refractivity contribution in [3.05, 3.63) is 0 Å². The van der Waals surface area contributed by atoms with E-state index in [-0.39, 0.29) is 11.8 Å². The fourth-order valence-corrected chi connectivity index (χ4v) is 2.68. The third-order valence-corrected chi connectivity index (χ3v) is 4.02. The molecule has 0 radical (unpaired) electrons. The van der Waals surface area contributed by atoms with E-state index in [0.29, 0.717) is 18.5 Å². The predicted octanol–water partition coefficient (Wildman–Crippen LogP) is 2.45. The Labute approximate surface area is 106 Å². The van der Waals surface area contributed by atoms with Gasteiger partial charge in [-0.2, -0.15) is 0 Å². The van der Waals surface area contributed by atoms with E-state index in [4.69, 9.17) is 5.73 Å². The van der Waals surface area contributed by atoms with Crippen molar-refractivity contribution in [2.75, 3.05) is 6.54 Å². The fourth-order valence-electron chi connectivity index (χ4n) is 2.68. The van der Waals surface area contributed by atoms with Gasteiger partial charge >= 0.3 is 0 Å². The van der Waals surface area contributed by atoms with Crippen LogP contribution >= 0.6 is 0 Å². The van der Waals surface area contributed by atoms with E-state index in [1.54, 1.807) is 0 Å². The van der Waals surface area contributed by atoms with Gasteiger partial charge in [0.25, 0.3) is 0 Å². The van der Waals surface area contributed by atoms with Gasteiger partial charge in [0, 0.05) is 12.0 Å². The predicted molar refractivity (Wildman–Crippen MR) is 71.6 cm³/mol. The summed E-state index contributed by atoms with van der Waals surface area (Å²) >= 11 is 0. The first kappa shape index (κ1) is 14.5. The molecular weight excluding hydrogens is 212 g/mol. The van der Waals surface area contributed by atoms with Gasteiger partial charge in [0.2, 0.25) is 5.91 Å². The number of nitrogens with one attached hydrogen (secondary N) is 1. The summed E-state index contributed by atoms with van der Waals surface area (Å²) in [6.45, 7) is 4.71. The lowest BCUT2D eigenvalue weighted by atomic mass is 9.92. The Kier molecular flexibility index (Phi) is 6.56. The SMILES string of the molecule is CC(CCN)C(=O)N[C@H](C)C1CCCCCC1. The summed E-state index contributed by atoms with van der Waals surface area (Å²) in [6, 6.07) is 0.320. The molecule has 1 saturated carbocycles. The summed E-state index contributed by atoms with van der Waals surface area (Å²) in [5.41, 5.74) is 5.48. The maximum atomic E-state index is 11.9. The number of carbonyl (C=O) groups excluding carboxylic acids is 1. The van der Waals surface area contributed by atoms with Crippen LogP contribution in [0.15, 0.2) is 0 Å². The van der Waals surface area contributed by atoms with Crippen LogP contribution in [0.2, 0.25) is 0 Å². The second-order valence-electron chi connectivity index (χ2n) is 5.53. The van der Waals surface area contributed by atoms with Crippen LogP contribution in [-0.4, -0.2) is 18.5 Å². The highest BCUT2D eigenvalue weighted by Crippen LogP contribution is 2.25. The largest absolute Gasteiger partial charge is 0.353 e. The highest BCUT2D eigenvalue weighted by Gasteiger charge is 2.22. The van der Waals surface area contributed by atoms with Gasteiger partial charge in [0.1, 0.15) is 0 Å². The monoisotopic (exact) mass is 240 g/mol. The maximum absolute atomic E-state index is 11.9. The van der Waals surface area contributed by atoms with Crippen molar-refractivity contribution < 1.29 is 4.79 Å². The van der Waals surface area contributed by atoms with Gasteiger partial charge in [-0.3, -0.25) is 4.79 Å². The van der Waals surface area contributed by atoms with Crippen LogP contribution in [0.4, 0.5) is 0 Å². The van der Waals surface area contributed by atoms with Gasteiger partial charge in [-0.1, -0.05) is 32.6 Å². The number of carbonyl (C=O) groups is 1. The molecule has 3 N–H and O–H groups in total. The molecule has 0 aromatic heterocycles. The Balaban J connectivity index is 2.35. The van der Waals surface area contributed by atoms with Gasteiger partial charge in [0.05, 0.1) is 0 Å². The molecule has 2 atom stereocenters. The molecule has 0 heterocycles. The lowest BCUT2D eigenvalue weighted by molar-refractivity contribution is -0.125. The number of amides is 1. The van der Waals surface area contributed by atoms with Crippen LogP contribution in [0.5, 0.6) is 0 Å². The number of nitrogens with two attached hydrogens (primary N) is 1. The van der Waals surface area contributed by atoms with Crippen LogP contribution in [0, 0.1) is 11.8 Å². The summed E-state index contributed by atoms with van der Waals surface area (Å²) in [5.74, 6) is 0.895. The van der Waals surface area contributed by atoms with E-state index in [1.807, 2.05) is 6.92 Å². The summed E-state index contributed by atoms with van der Waals surface area (Å²) in [5, 5.41) is 3.17. The lowest BCUT2D eigenvalue weighted by Gasteiger charge is -2.25. The topological polar surface area (TPSA) is 55.1 Å². The summed E-state index contributed by atoms with van der Waals surface area (Å²) in [7, 11) is 0. The van der Waals surface area contributed by atoms with Gasteiger partial charge in [-0.15, -0.1) is 0 Å². The van der Waals surface area contributed by atoms with Gasteiger partial charge in [-0.25, -0.2) is 0 Å². The fraction of sp³-hybridized carbons (Fsp3) is 0.929. The second-order valence-corrected chi connectivity index (χ2v) is 5.53. The van der Waals surface area contributed by atoms with Crippen molar-refractivity contribution in [3.63, 3.8) is 0 Å². The molecule has 100 valence electrons. The van der Waals surface area contributed by atoms with Crippen LogP contribution in [0.1, 0.15) is 58.8 Å². The highest BCUT2D eigenvalue weighted by atomic mass is 16.1. The molecule has 0 aromatic carbocycles. The van der Waals surface area contributed by atoms with Crippen molar-refractivity contribution in [2.45, 2.75) is 64.8 Å². The molecule has 1 rings (SSSR count). The van der Waals surface area contributed by atoms with E-state index in [0.717, 1.165) is 6.42 Å². The molecule has 1 fully saturated rings. The molecule has 0 aromatic rings. The number of rotatable bonds is 5. The van der Waals surface area contributed by atoms with E-state index in [9.17, 15) is 4.79 Å². The third-order valence-electron chi connectivity index (χ3n) is 4.02. The Morgan fingerprint density at radius 2 is 1.82 bits per heavy atom. The first-order valence-corrected chi connectivity index (χ1v) is 7.15. The van der Waals surface area contributed by atoms with Crippen molar-refractivity contribution >= 4 is 5.91 Å². The molecule has 1 aliphatic rings. The first-order valence-electron chi connectivity index (χ1n) is 7.15. The molecular formula is C14H28N2O. The first-order chi connectivity index (χ1) is 8.15. The van der Waals surface area contributed by atoms with Crippen molar-refractivity contribution in [1.29, 1.82) is 0 Å². The van der Waals surface area contributed by atoms with Crippen LogP contribution in [0.3, 0.4) is 0 Å². The van der Waals surface area contributed by atoms with Gasteiger partial charge in [0.15, 0.2) is 0 Å². The van der Waals surface area contributed by atoms with Crippen molar-refractivity contribution in [3.8, 4) is 0 Å². The standard InChI is InChI=1S/C14H28N2O/c1-11(9-10-15)14(17)16-12(2)13-7-5-3-4-6-8-13/h11-13H,3-10,15H2,1-2H3,(H,16,17)/t11?,12-/m1/s1. The minimum absolute atomic E-state index is 0.0493. The molecule has 3 nitrogen and oxygen atoms in total. The highest BCUT2D eigenvalue weighted by molar-refractivity contribution is 5.78. The Hall–Kier alpha value is -0.570. The molecule has 1 amide bonds. The Bertz CT molecular complexity index is 222. The summed E-state index contributed by atoms with van der Waals surface area (Å²) < 4.78 is 0. The molecule has 0 spiro atoms. The third kappa shape index (κ3) is 5.07. The van der Waals surface area contributed by atoms with Gasteiger partial charge in [-0.05, 0) is 38.6 Å². The normalized spacial score (nSPS) is 21.6. The van der Waals surface area contributed by atoms with E-state index >= 15 is 0 Å². The molecule has 0 bridgehead atoms. The van der Waals surface area contributed by atoms with Gasteiger partial charge < -0.3 is 11.1 Å². The molecule has 0 aliphatic heterocycles.